The maximum atomic E-state index is 13.4. The lowest BCUT2D eigenvalue weighted by atomic mass is 9.92. The standard InChI is InChI=1S/C27H31N7O/c1-27(2,3)22-6-5-7-23(30-22)34-24-21(25(35)33(34)20-10-11-20)15-28-26(31-24)29-19-9-8-18-16-32(4)13-12-17(18)14-19/h5-9,14-15,20H,10-13,16H2,1-4H3,(H,28,29,31). The Morgan fingerprint density at radius 3 is 2.66 bits per heavy atom. The summed E-state index contributed by atoms with van der Waals surface area (Å²) in [6.45, 7) is 8.45. The fourth-order valence-electron chi connectivity index (χ4n) is 4.79. The lowest BCUT2D eigenvalue weighted by molar-refractivity contribution is 0.313. The average Bonchev–Trinajstić information content (AvgIpc) is 3.62. The summed E-state index contributed by atoms with van der Waals surface area (Å²) in [5, 5.41) is 3.88. The van der Waals surface area contributed by atoms with Gasteiger partial charge in [0.1, 0.15) is 5.39 Å². The van der Waals surface area contributed by atoms with E-state index in [0.29, 0.717) is 22.8 Å². The van der Waals surface area contributed by atoms with E-state index in [-0.39, 0.29) is 17.0 Å². The van der Waals surface area contributed by atoms with Gasteiger partial charge in [0.05, 0.1) is 6.04 Å². The molecule has 0 spiro atoms. The number of nitrogens with one attached hydrogen (secondary N) is 1. The van der Waals surface area contributed by atoms with Crippen LogP contribution in [-0.2, 0) is 18.4 Å². The van der Waals surface area contributed by atoms with E-state index in [1.54, 1.807) is 6.20 Å². The van der Waals surface area contributed by atoms with Gasteiger partial charge in [-0.2, -0.15) is 4.98 Å². The van der Waals surface area contributed by atoms with Crippen LogP contribution in [-0.4, -0.2) is 42.8 Å². The van der Waals surface area contributed by atoms with E-state index in [9.17, 15) is 4.79 Å². The van der Waals surface area contributed by atoms with Crippen LogP contribution in [0.5, 0.6) is 0 Å². The Bertz CT molecular complexity index is 1490. The number of fused-ring (bicyclic) bond motifs is 2. The van der Waals surface area contributed by atoms with E-state index in [2.05, 4.69) is 61.2 Å². The number of nitrogens with zero attached hydrogens (tertiary/aromatic N) is 6. The van der Waals surface area contributed by atoms with E-state index >= 15 is 0 Å². The molecule has 1 saturated carbocycles. The van der Waals surface area contributed by atoms with Crippen molar-refractivity contribution in [3.63, 3.8) is 0 Å². The molecule has 180 valence electrons. The highest BCUT2D eigenvalue weighted by molar-refractivity contribution is 5.77. The van der Waals surface area contributed by atoms with Crippen molar-refractivity contribution < 1.29 is 0 Å². The molecule has 1 aliphatic heterocycles. The molecule has 1 N–H and O–H groups in total. The van der Waals surface area contributed by atoms with Crippen LogP contribution in [0.25, 0.3) is 16.9 Å². The normalized spacial score (nSPS) is 16.5. The van der Waals surface area contributed by atoms with Crippen LogP contribution in [0.15, 0.2) is 47.4 Å². The molecule has 8 heteroatoms. The van der Waals surface area contributed by atoms with Crippen LogP contribution >= 0.6 is 0 Å². The maximum Gasteiger partial charge on any atom is 0.278 e. The number of anilines is 2. The SMILES string of the molecule is CN1CCc2cc(Nc3ncc4c(=O)n(C5CC5)n(-c5cccc(C(C)(C)C)n5)c4n3)ccc2C1. The molecule has 0 amide bonds. The number of hydrogen-bond acceptors (Lipinski definition) is 6. The topological polar surface area (TPSA) is 80.9 Å². The Kier molecular flexibility index (Phi) is 5.03. The zero-order chi connectivity index (χ0) is 24.3. The maximum absolute atomic E-state index is 13.4. The molecule has 1 aliphatic carbocycles. The monoisotopic (exact) mass is 469 g/mol. The van der Waals surface area contributed by atoms with Gasteiger partial charge in [-0.05, 0) is 61.7 Å². The molecule has 6 rings (SSSR count). The first-order valence-electron chi connectivity index (χ1n) is 12.3. The molecule has 2 aliphatic rings. The number of benzene rings is 1. The largest absolute Gasteiger partial charge is 0.324 e. The summed E-state index contributed by atoms with van der Waals surface area (Å²) in [4.78, 5) is 29.9. The summed E-state index contributed by atoms with van der Waals surface area (Å²) >= 11 is 0. The van der Waals surface area contributed by atoms with Crippen molar-refractivity contribution in [2.45, 2.75) is 58.0 Å². The van der Waals surface area contributed by atoms with Crippen LogP contribution in [0.3, 0.4) is 0 Å². The van der Waals surface area contributed by atoms with Crippen molar-refractivity contribution in [3.05, 3.63) is 69.8 Å². The van der Waals surface area contributed by atoms with Gasteiger partial charge in [-0.1, -0.05) is 32.9 Å². The van der Waals surface area contributed by atoms with Crippen molar-refractivity contribution >= 4 is 22.7 Å². The fourth-order valence-corrected chi connectivity index (χ4v) is 4.79. The predicted octanol–water partition coefficient (Wildman–Crippen LogP) is 4.34. The van der Waals surface area contributed by atoms with E-state index in [1.807, 2.05) is 27.6 Å². The molecule has 0 unspecified atom stereocenters. The molecule has 35 heavy (non-hydrogen) atoms. The third-order valence-corrected chi connectivity index (χ3v) is 6.90. The summed E-state index contributed by atoms with van der Waals surface area (Å²) in [5.74, 6) is 1.18. The quantitative estimate of drug-likeness (QED) is 0.479. The van der Waals surface area contributed by atoms with Crippen LogP contribution in [0.2, 0.25) is 0 Å². The zero-order valence-corrected chi connectivity index (χ0v) is 20.7. The van der Waals surface area contributed by atoms with E-state index < -0.39 is 0 Å². The minimum atomic E-state index is -0.105. The van der Waals surface area contributed by atoms with Crippen molar-refractivity contribution in [1.82, 2.24) is 29.2 Å². The molecule has 0 saturated heterocycles. The smallest absolute Gasteiger partial charge is 0.278 e. The Morgan fingerprint density at radius 2 is 1.89 bits per heavy atom. The lowest BCUT2D eigenvalue weighted by Gasteiger charge is -2.25. The van der Waals surface area contributed by atoms with Gasteiger partial charge in [0.2, 0.25) is 5.95 Å². The number of aromatic nitrogens is 5. The predicted molar refractivity (Wildman–Crippen MR) is 138 cm³/mol. The third-order valence-electron chi connectivity index (χ3n) is 6.90. The van der Waals surface area contributed by atoms with Gasteiger partial charge in [-0.25, -0.2) is 19.3 Å². The molecule has 0 radical (unpaired) electrons. The number of likely N-dealkylation sites (N-methyl/N-ethyl adjacent to an activating group) is 1. The van der Waals surface area contributed by atoms with Crippen molar-refractivity contribution in [1.29, 1.82) is 0 Å². The van der Waals surface area contributed by atoms with Crippen LogP contribution in [0.4, 0.5) is 11.6 Å². The lowest BCUT2D eigenvalue weighted by Crippen LogP contribution is -2.26. The Morgan fingerprint density at radius 1 is 1.06 bits per heavy atom. The molecule has 0 atom stereocenters. The average molecular weight is 470 g/mol. The van der Waals surface area contributed by atoms with Gasteiger partial charge in [0.15, 0.2) is 11.5 Å². The summed E-state index contributed by atoms with van der Waals surface area (Å²) < 4.78 is 3.70. The third kappa shape index (κ3) is 4.01. The molecule has 0 bridgehead atoms. The molecular weight excluding hydrogens is 438 g/mol. The highest BCUT2D eigenvalue weighted by Gasteiger charge is 2.31. The first kappa shape index (κ1) is 22.0. The molecule has 8 nitrogen and oxygen atoms in total. The van der Waals surface area contributed by atoms with Gasteiger partial charge in [0.25, 0.3) is 5.56 Å². The van der Waals surface area contributed by atoms with Crippen LogP contribution in [0.1, 0.15) is 56.5 Å². The number of pyridine rings is 1. The highest BCUT2D eigenvalue weighted by Crippen LogP contribution is 2.35. The summed E-state index contributed by atoms with van der Waals surface area (Å²) in [5.41, 5.74) is 5.06. The zero-order valence-electron chi connectivity index (χ0n) is 20.7. The van der Waals surface area contributed by atoms with E-state index in [0.717, 1.165) is 43.7 Å². The van der Waals surface area contributed by atoms with Crippen LogP contribution in [0, 0.1) is 0 Å². The summed E-state index contributed by atoms with van der Waals surface area (Å²) in [6.07, 6.45) is 4.64. The second-order valence-electron chi connectivity index (χ2n) is 10.9. The first-order chi connectivity index (χ1) is 16.8. The molecule has 4 heterocycles. The second-order valence-corrected chi connectivity index (χ2v) is 10.9. The van der Waals surface area contributed by atoms with Crippen molar-refractivity contribution in [2.24, 2.45) is 0 Å². The minimum absolute atomic E-state index is 0.0603. The summed E-state index contributed by atoms with van der Waals surface area (Å²) in [6, 6.07) is 12.6. The molecule has 3 aromatic heterocycles. The highest BCUT2D eigenvalue weighted by atomic mass is 16.1. The van der Waals surface area contributed by atoms with Gasteiger partial charge < -0.3 is 10.2 Å². The van der Waals surface area contributed by atoms with E-state index in [4.69, 9.17) is 9.97 Å². The van der Waals surface area contributed by atoms with Gasteiger partial charge >= 0.3 is 0 Å². The van der Waals surface area contributed by atoms with E-state index in [1.165, 1.54) is 11.1 Å². The van der Waals surface area contributed by atoms with Gasteiger partial charge in [-0.3, -0.25) is 4.79 Å². The van der Waals surface area contributed by atoms with Crippen LogP contribution < -0.4 is 10.9 Å². The summed E-state index contributed by atoms with van der Waals surface area (Å²) in [7, 11) is 2.15. The first-order valence-corrected chi connectivity index (χ1v) is 12.3. The second kappa shape index (κ2) is 8.02. The molecule has 1 aromatic carbocycles. The Hall–Kier alpha value is -3.52. The van der Waals surface area contributed by atoms with Crippen molar-refractivity contribution in [2.75, 3.05) is 18.9 Å². The minimum Gasteiger partial charge on any atom is -0.324 e. The Balaban J connectivity index is 1.44. The number of rotatable bonds is 4. The van der Waals surface area contributed by atoms with Gasteiger partial charge in [-0.15, -0.1) is 0 Å². The Labute approximate surface area is 204 Å². The van der Waals surface area contributed by atoms with Gasteiger partial charge in [0, 0.05) is 36.1 Å². The molecular formula is C27H31N7O. The molecule has 1 fully saturated rings. The fraction of sp³-hybridized carbons (Fsp3) is 0.407. The number of hydrogen-bond donors (Lipinski definition) is 1. The van der Waals surface area contributed by atoms with Crippen molar-refractivity contribution in [3.8, 4) is 5.82 Å². The molecule has 4 aromatic rings.